The molecule has 1 heterocycles. The van der Waals surface area contributed by atoms with Crippen molar-refractivity contribution in [3.63, 3.8) is 0 Å². The standard InChI is InChI=1S/C13H19FN2/c1-2-12(14)5-3-4-6-13(11-15)7-9-16-10-8-13/h2-3,5,16H,4,6-10H2,1H3/b5-3-,12-2+. The van der Waals surface area contributed by atoms with Crippen LogP contribution in [0.5, 0.6) is 0 Å². The number of nitrogens with one attached hydrogen (secondary N) is 1. The Morgan fingerprint density at radius 2 is 2.19 bits per heavy atom. The zero-order valence-electron chi connectivity index (χ0n) is 9.80. The summed E-state index contributed by atoms with van der Waals surface area (Å²) in [5.74, 6) is -0.212. The molecule has 1 fully saturated rings. The van der Waals surface area contributed by atoms with Crippen molar-refractivity contribution in [2.24, 2.45) is 5.41 Å². The van der Waals surface area contributed by atoms with Gasteiger partial charge in [-0.3, -0.25) is 0 Å². The Balaban J connectivity index is 2.40. The molecule has 0 aliphatic carbocycles. The molecule has 1 aliphatic rings. The second kappa shape index (κ2) is 6.44. The SMILES string of the molecule is C/C=C(F)\C=C/CCC1(C#N)CCNCC1. The van der Waals surface area contributed by atoms with E-state index in [9.17, 15) is 9.65 Å². The highest BCUT2D eigenvalue weighted by molar-refractivity contribution is 5.10. The second-order valence-electron chi connectivity index (χ2n) is 4.26. The van der Waals surface area contributed by atoms with Gasteiger partial charge in [0.05, 0.1) is 11.5 Å². The van der Waals surface area contributed by atoms with Crippen molar-refractivity contribution in [3.8, 4) is 6.07 Å². The molecule has 2 nitrogen and oxygen atoms in total. The summed E-state index contributed by atoms with van der Waals surface area (Å²) in [5, 5.41) is 12.5. The fraction of sp³-hybridized carbons (Fsp3) is 0.615. The molecule has 0 amide bonds. The van der Waals surface area contributed by atoms with Crippen LogP contribution in [0.2, 0.25) is 0 Å². The van der Waals surface area contributed by atoms with Crippen LogP contribution in [0.1, 0.15) is 32.6 Å². The van der Waals surface area contributed by atoms with Gasteiger partial charge in [0.25, 0.3) is 0 Å². The van der Waals surface area contributed by atoms with Gasteiger partial charge in [-0.2, -0.15) is 5.26 Å². The number of hydrogen-bond donors (Lipinski definition) is 1. The first-order valence-electron chi connectivity index (χ1n) is 5.83. The van der Waals surface area contributed by atoms with Gasteiger partial charge in [0.15, 0.2) is 0 Å². The number of hydrogen-bond acceptors (Lipinski definition) is 2. The van der Waals surface area contributed by atoms with Crippen molar-refractivity contribution in [2.45, 2.75) is 32.6 Å². The van der Waals surface area contributed by atoms with Gasteiger partial charge in [-0.25, -0.2) is 4.39 Å². The summed E-state index contributed by atoms with van der Waals surface area (Å²) in [7, 11) is 0. The minimum absolute atomic E-state index is 0.192. The van der Waals surface area contributed by atoms with Gasteiger partial charge < -0.3 is 5.32 Å². The Labute approximate surface area is 96.8 Å². The highest BCUT2D eigenvalue weighted by atomic mass is 19.1. The van der Waals surface area contributed by atoms with E-state index in [0.717, 1.165) is 38.8 Å². The van der Waals surface area contributed by atoms with Crippen LogP contribution < -0.4 is 5.32 Å². The lowest BCUT2D eigenvalue weighted by atomic mass is 9.77. The molecule has 16 heavy (non-hydrogen) atoms. The molecule has 0 spiro atoms. The van der Waals surface area contributed by atoms with Crippen LogP contribution in [0.4, 0.5) is 4.39 Å². The summed E-state index contributed by atoms with van der Waals surface area (Å²) >= 11 is 0. The molecule has 0 unspecified atom stereocenters. The molecule has 0 atom stereocenters. The lowest BCUT2D eigenvalue weighted by molar-refractivity contribution is 0.264. The van der Waals surface area contributed by atoms with Crippen LogP contribution >= 0.6 is 0 Å². The number of piperidine rings is 1. The van der Waals surface area contributed by atoms with Crippen molar-refractivity contribution in [2.75, 3.05) is 13.1 Å². The molecule has 1 saturated heterocycles. The maximum absolute atomic E-state index is 12.8. The predicted molar refractivity (Wildman–Crippen MR) is 63.4 cm³/mol. The zero-order valence-corrected chi connectivity index (χ0v) is 9.80. The monoisotopic (exact) mass is 222 g/mol. The van der Waals surface area contributed by atoms with Gasteiger partial charge in [-0.05, 0) is 51.8 Å². The van der Waals surface area contributed by atoms with E-state index in [-0.39, 0.29) is 11.2 Å². The fourth-order valence-electron chi connectivity index (χ4n) is 1.97. The van der Waals surface area contributed by atoms with Crippen molar-refractivity contribution in [3.05, 3.63) is 24.1 Å². The number of nitrogens with zero attached hydrogens (tertiary/aromatic N) is 1. The fourth-order valence-corrected chi connectivity index (χ4v) is 1.97. The summed E-state index contributed by atoms with van der Waals surface area (Å²) in [6, 6.07) is 2.44. The van der Waals surface area contributed by atoms with Gasteiger partial charge in [0, 0.05) is 0 Å². The summed E-state index contributed by atoms with van der Waals surface area (Å²) in [4.78, 5) is 0. The zero-order chi connectivity index (χ0) is 11.9. The van der Waals surface area contributed by atoms with E-state index in [1.165, 1.54) is 12.2 Å². The van der Waals surface area contributed by atoms with E-state index >= 15 is 0 Å². The maximum Gasteiger partial charge on any atom is 0.118 e. The third kappa shape index (κ3) is 3.79. The first-order chi connectivity index (χ1) is 7.72. The molecular formula is C13H19FN2. The Hall–Kier alpha value is -1.14. The molecule has 0 bridgehead atoms. The van der Waals surface area contributed by atoms with Crippen LogP contribution in [0.3, 0.4) is 0 Å². The maximum atomic E-state index is 12.8. The van der Waals surface area contributed by atoms with E-state index in [4.69, 9.17) is 0 Å². The quantitative estimate of drug-likeness (QED) is 0.742. The highest BCUT2D eigenvalue weighted by Gasteiger charge is 2.30. The molecule has 0 radical (unpaired) electrons. The number of nitriles is 1. The molecule has 88 valence electrons. The molecule has 3 heteroatoms. The molecule has 0 aromatic rings. The Kier molecular flexibility index (Phi) is 5.21. The molecule has 1 rings (SSSR count). The topological polar surface area (TPSA) is 35.8 Å². The molecular weight excluding hydrogens is 203 g/mol. The average molecular weight is 222 g/mol. The van der Waals surface area contributed by atoms with Gasteiger partial charge >= 0.3 is 0 Å². The van der Waals surface area contributed by atoms with Crippen molar-refractivity contribution < 1.29 is 4.39 Å². The van der Waals surface area contributed by atoms with Crippen LogP contribution in [0, 0.1) is 16.7 Å². The van der Waals surface area contributed by atoms with Crippen molar-refractivity contribution in [1.29, 1.82) is 5.26 Å². The minimum Gasteiger partial charge on any atom is -0.317 e. The molecule has 0 saturated carbocycles. The largest absolute Gasteiger partial charge is 0.317 e. The first kappa shape index (κ1) is 12.9. The van der Waals surface area contributed by atoms with Gasteiger partial charge in [0.2, 0.25) is 0 Å². The molecule has 0 aromatic carbocycles. The Morgan fingerprint density at radius 1 is 1.50 bits per heavy atom. The minimum atomic E-state index is -0.212. The number of halogens is 1. The Morgan fingerprint density at radius 3 is 2.75 bits per heavy atom. The summed E-state index contributed by atoms with van der Waals surface area (Å²) < 4.78 is 12.8. The Bertz CT molecular complexity index is 306. The van der Waals surface area contributed by atoms with Crippen LogP contribution in [0.25, 0.3) is 0 Å². The summed E-state index contributed by atoms with van der Waals surface area (Å²) in [5.41, 5.74) is -0.192. The molecule has 1 N–H and O–H groups in total. The smallest absolute Gasteiger partial charge is 0.118 e. The van der Waals surface area contributed by atoms with Crippen LogP contribution in [-0.2, 0) is 0 Å². The normalized spacial score (nSPS) is 20.9. The van der Waals surface area contributed by atoms with E-state index < -0.39 is 0 Å². The number of allylic oxidation sites excluding steroid dienone is 4. The highest BCUT2D eigenvalue weighted by Crippen LogP contribution is 2.33. The first-order valence-corrected chi connectivity index (χ1v) is 5.83. The third-order valence-electron chi connectivity index (χ3n) is 3.14. The average Bonchev–Trinajstić information content (AvgIpc) is 2.35. The lowest BCUT2D eigenvalue weighted by Gasteiger charge is -2.30. The van der Waals surface area contributed by atoms with Gasteiger partial charge in [-0.15, -0.1) is 0 Å². The van der Waals surface area contributed by atoms with Crippen LogP contribution in [-0.4, -0.2) is 13.1 Å². The predicted octanol–water partition coefficient (Wildman–Crippen LogP) is 3.09. The van der Waals surface area contributed by atoms with E-state index in [1.54, 1.807) is 6.92 Å². The van der Waals surface area contributed by atoms with Crippen molar-refractivity contribution in [1.82, 2.24) is 5.32 Å². The summed E-state index contributed by atoms with van der Waals surface area (Å²) in [6.07, 6.45) is 8.14. The lowest BCUT2D eigenvalue weighted by Crippen LogP contribution is -2.35. The van der Waals surface area contributed by atoms with E-state index in [1.807, 2.05) is 6.08 Å². The van der Waals surface area contributed by atoms with Crippen LogP contribution in [0.15, 0.2) is 24.1 Å². The number of rotatable bonds is 4. The van der Waals surface area contributed by atoms with E-state index in [2.05, 4.69) is 11.4 Å². The summed E-state index contributed by atoms with van der Waals surface area (Å²) in [6.45, 7) is 3.50. The van der Waals surface area contributed by atoms with Gasteiger partial charge in [-0.1, -0.05) is 12.2 Å². The second-order valence-corrected chi connectivity index (χ2v) is 4.26. The van der Waals surface area contributed by atoms with Crippen molar-refractivity contribution >= 4 is 0 Å². The molecule has 1 aliphatic heterocycles. The third-order valence-corrected chi connectivity index (χ3v) is 3.14. The van der Waals surface area contributed by atoms with E-state index in [0.29, 0.717) is 0 Å². The molecule has 0 aromatic heterocycles. The van der Waals surface area contributed by atoms with Gasteiger partial charge in [0.1, 0.15) is 5.83 Å².